The molecule has 0 rings (SSSR count). The zero-order valence-corrected chi connectivity index (χ0v) is 6.93. The molecule has 5 N–H and O–H groups in total. The topological polar surface area (TPSA) is 95.6 Å². The van der Waals surface area contributed by atoms with Crippen LogP contribution in [0.3, 0.4) is 0 Å². The van der Waals surface area contributed by atoms with Crippen molar-refractivity contribution in [1.82, 2.24) is 5.32 Å². The predicted molar refractivity (Wildman–Crippen MR) is 38.6 cm³/mol. The maximum absolute atomic E-state index is 10.6. The average molecular weight is 168 g/mol. The summed E-state index contributed by atoms with van der Waals surface area (Å²) < 4.78 is 10.6. The molecule has 62 valence electrons. The first-order valence-corrected chi connectivity index (χ1v) is 4.41. The normalized spacial score (nSPS) is 18.5. The molecule has 0 saturated heterocycles. The van der Waals surface area contributed by atoms with Crippen LogP contribution in [-0.2, 0) is 4.57 Å². The summed E-state index contributed by atoms with van der Waals surface area (Å²) in [5.41, 5.74) is 5.28. The summed E-state index contributed by atoms with van der Waals surface area (Å²) in [5.74, 6) is 0. The quantitative estimate of drug-likeness (QED) is 0.408. The van der Waals surface area contributed by atoms with E-state index in [0.29, 0.717) is 0 Å². The lowest BCUT2D eigenvalue weighted by Crippen LogP contribution is -2.44. The smallest absolute Gasteiger partial charge is 0.323 e. The Kier molecular flexibility index (Phi) is 3.00. The molecule has 1 atom stereocenters. The molecular formula is C4H13N2O3P. The van der Waals surface area contributed by atoms with Crippen LogP contribution < -0.4 is 11.1 Å². The van der Waals surface area contributed by atoms with Crippen molar-refractivity contribution in [3.63, 3.8) is 0 Å². The summed E-state index contributed by atoms with van der Waals surface area (Å²) in [6, 6.07) is 0. The van der Waals surface area contributed by atoms with Gasteiger partial charge in [-0.25, -0.2) is 0 Å². The van der Waals surface area contributed by atoms with E-state index in [2.05, 4.69) is 5.32 Å². The molecule has 0 saturated carbocycles. The highest BCUT2D eigenvalue weighted by Crippen LogP contribution is 2.46. The van der Waals surface area contributed by atoms with Crippen molar-refractivity contribution in [1.29, 1.82) is 0 Å². The summed E-state index contributed by atoms with van der Waals surface area (Å²) in [4.78, 5) is 17.2. The number of nitrogens with two attached hydrogens (primary N) is 1. The van der Waals surface area contributed by atoms with Crippen molar-refractivity contribution >= 4 is 7.60 Å². The average Bonchev–Trinajstić information content (AvgIpc) is 1.61. The molecule has 10 heavy (non-hydrogen) atoms. The van der Waals surface area contributed by atoms with Crippen LogP contribution in [0.1, 0.15) is 6.92 Å². The summed E-state index contributed by atoms with van der Waals surface area (Å²) in [7, 11) is -2.59. The lowest BCUT2D eigenvalue weighted by Gasteiger charge is -2.24. The highest BCUT2D eigenvalue weighted by molar-refractivity contribution is 7.53. The van der Waals surface area contributed by atoms with E-state index in [0.717, 1.165) is 0 Å². The monoisotopic (exact) mass is 168 g/mol. The third kappa shape index (κ3) is 2.36. The van der Waals surface area contributed by atoms with E-state index in [1.165, 1.54) is 6.92 Å². The molecule has 0 aliphatic rings. The van der Waals surface area contributed by atoms with Gasteiger partial charge in [-0.15, -0.1) is 0 Å². The molecule has 0 spiro atoms. The lowest BCUT2D eigenvalue weighted by atomic mass is 10.3. The van der Waals surface area contributed by atoms with Gasteiger partial charge < -0.3 is 20.8 Å². The molecule has 0 aromatic rings. The van der Waals surface area contributed by atoms with E-state index in [1.54, 1.807) is 7.05 Å². The molecule has 0 bridgehead atoms. The maximum Gasteiger partial charge on any atom is 0.346 e. The van der Waals surface area contributed by atoms with E-state index in [9.17, 15) is 4.57 Å². The van der Waals surface area contributed by atoms with Gasteiger partial charge in [0.05, 0.1) is 0 Å². The Morgan fingerprint density at radius 1 is 1.70 bits per heavy atom. The molecule has 6 heteroatoms. The largest absolute Gasteiger partial charge is 0.346 e. The van der Waals surface area contributed by atoms with Crippen LogP contribution in [0.2, 0.25) is 0 Å². The maximum atomic E-state index is 10.6. The highest BCUT2D eigenvalue weighted by Gasteiger charge is 2.37. The Morgan fingerprint density at radius 3 is 2.20 bits per heavy atom. The van der Waals surface area contributed by atoms with Crippen LogP contribution in [0.5, 0.6) is 0 Å². The van der Waals surface area contributed by atoms with Crippen molar-refractivity contribution in [3.05, 3.63) is 0 Å². The van der Waals surface area contributed by atoms with Gasteiger partial charge in [0.1, 0.15) is 5.28 Å². The predicted octanol–water partition coefficient (Wildman–Crippen LogP) is -0.942. The fraction of sp³-hybridized carbons (Fsp3) is 1.00. The summed E-state index contributed by atoms with van der Waals surface area (Å²) in [6.45, 7) is 1.40. The van der Waals surface area contributed by atoms with E-state index >= 15 is 0 Å². The summed E-state index contributed by atoms with van der Waals surface area (Å²) >= 11 is 0. The van der Waals surface area contributed by atoms with Crippen molar-refractivity contribution in [2.45, 2.75) is 12.2 Å². The molecule has 0 heterocycles. The highest BCUT2D eigenvalue weighted by atomic mass is 31.2. The lowest BCUT2D eigenvalue weighted by molar-refractivity contribution is 0.329. The third-order valence-corrected chi connectivity index (χ3v) is 2.69. The standard InChI is InChI=1S/C4H13N2O3P/c1-4(5,3-6-2)10(7,8)9/h6H,3,5H2,1-2H3,(H2,7,8,9)/t4-/m0/s1. The van der Waals surface area contributed by atoms with Crippen LogP contribution in [-0.4, -0.2) is 28.7 Å². The molecule has 0 aromatic heterocycles. The van der Waals surface area contributed by atoms with E-state index < -0.39 is 12.9 Å². The van der Waals surface area contributed by atoms with E-state index in [-0.39, 0.29) is 6.54 Å². The Hall–Kier alpha value is 0.0700. The van der Waals surface area contributed by atoms with Crippen molar-refractivity contribution in [2.24, 2.45) is 5.73 Å². The minimum Gasteiger partial charge on any atom is -0.323 e. The molecule has 0 aliphatic heterocycles. The minimum atomic E-state index is -4.17. The number of hydrogen-bond acceptors (Lipinski definition) is 3. The number of nitrogens with one attached hydrogen (secondary N) is 1. The Balaban J connectivity index is 4.25. The molecule has 0 aliphatic carbocycles. The molecule has 0 radical (unpaired) electrons. The first-order valence-electron chi connectivity index (χ1n) is 2.80. The first-order chi connectivity index (χ1) is 4.31. The Bertz CT molecular complexity index is 153. The molecule has 0 fully saturated rings. The number of rotatable bonds is 3. The minimum absolute atomic E-state index is 0.0945. The molecular weight excluding hydrogens is 155 g/mol. The fourth-order valence-electron chi connectivity index (χ4n) is 0.461. The second kappa shape index (κ2) is 2.98. The molecule has 5 nitrogen and oxygen atoms in total. The zero-order valence-electron chi connectivity index (χ0n) is 6.03. The number of hydrogen-bond donors (Lipinski definition) is 4. The Morgan fingerprint density at radius 2 is 2.10 bits per heavy atom. The van der Waals surface area contributed by atoms with Crippen LogP contribution in [0, 0.1) is 0 Å². The summed E-state index contributed by atoms with van der Waals surface area (Å²) in [5, 5.41) is 1.14. The van der Waals surface area contributed by atoms with Gasteiger partial charge in [0, 0.05) is 6.54 Å². The van der Waals surface area contributed by atoms with E-state index in [4.69, 9.17) is 15.5 Å². The van der Waals surface area contributed by atoms with Crippen molar-refractivity contribution in [2.75, 3.05) is 13.6 Å². The second-order valence-electron chi connectivity index (χ2n) is 2.43. The van der Waals surface area contributed by atoms with Gasteiger partial charge in [-0.1, -0.05) is 0 Å². The molecule has 0 unspecified atom stereocenters. The first kappa shape index (κ1) is 10.1. The third-order valence-electron chi connectivity index (χ3n) is 1.20. The van der Waals surface area contributed by atoms with Gasteiger partial charge in [0.2, 0.25) is 0 Å². The van der Waals surface area contributed by atoms with Crippen molar-refractivity contribution in [3.8, 4) is 0 Å². The van der Waals surface area contributed by atoms with Gasteiger partial charge in [-0.3, -0.25) is 4.57 Å². The Labute approximate surface area is 59.8 Å². The van der Waals surface area contributed by atoms with Crippen LogP contribution in [0.4, 0.5) is 0 Å². The van der Waals surface area contributed by atoms with Gasteiger partial charge in [-0.2, -0.15) is 0 Å². The fourth-order valence-corrected chi connectivity index (χ4v) is 0.825. The van der Waals surface area contributed by atoms with Gasteiger partial charge >= 0.3 is 7.60 Å². The summed E-state index contributed by atoms with van der Waals surface area (Å²) in [6.07, 6.45) is 0. The van der Waals surface area contributed by atoms with Crippen LogP contribution in [0.25, 0.3) is 0 Å². The van der Waals surface area contributed by atoms with Crippen molar-refractivity contribution < 1.29 is 14.4 Å². The zero-order chi connectivity index (χ0) is 8.41. The van der Waals surface area contributed by atoms with Gasteiger partial charge in [0.15, 0.2) is 0 Å². The second-order valence-corrected chi connectivity index (χ2v) is 4.54. The van der Waals surface area contributed by atoms with Gasteiger partial charge in [-0.05, 0) is 14.0 Å². The molecule has 0 aromatic carbocycles. The number of likely N-dealkylation sites (N-methyl/N-ethyl adjacent to an activating group) is 1. The SMILES string of the molecule is CNC[C@@](C)(N)P(=O)(O)O. The van der Waals surface area contributed by atoms with Crippen LogP contribution >= 0.6 is 7.60 Å². The van der Waals surface area contributed by atoms with Crippen LogP contribution in [0.15, 0.2) is 0 Å². The van der Waals surface area contributed by atoms with Gasteiger partial charge in [0.25, 0.3) is 0 Å². The molecule has 0 amide bonds. The van der Waals surface area contributed by atoms with E-state index in [1.807, 2.05) is 0 Å².